The van der Waals surface area contributed by atoms with Crippen LogP contribution >= 0.6 is 0 Å². The van der Waals surface area contributed by atoms with Gasteiger partial charge < -0.3 is 10.2 Å². The number of aliphatic hydroxyl groups is 2. The Kier molecular flexibility index (Phi) is 2.48. The third-order valence-corrected chi connectivity index (χ3v) is 2.50. The molecule has 0 amide bonds. The molecule has 76 valence electrons. The number of hydrogen-bond acceptors (Lipinski definition) is 3. The fourth-order valence-electron chi connectivity index (χ4n) is 1.48. The third-order valence-electron chi connectivity index (χ3n) is 2.50. The van der Waals surface area contributed by atoms with Crippen LogP contribution in [0.25, 0.3) is 0 Å². The van der Waals surface area contributed by atoms with E-state index in [1.165, 1.54) is 12.3 Å². The monoisotopic (exact) mass is 197 g/mol. The van der Waals surface area contributed by atoms with E-state index in [1.807, 2.05) is 0 Å². The van der Waals surface area contributed by atoms with Gasteiger partial charge in [0.05, 0.1) is 12.3 Å². The fraction of sp³-hybridized carbons (Fsp3) is 0.500. The lowest BCUT2D eigenvalue weighted by Crippen LogP contribution is -2.20. The van der Waals surface area contributed by atoms with E-state index in [1.54, 1.807) is 0 Å². The molecule has 0 bridgehead atoms. The van der Waals surface area contributed by atoms with Gasteiger partial charge in [-0.3, -0.25) is 4.98 Å². The van der Waals surface area contributed by atoms with E-state index < -0.39 is 18.0 Å². The SMILES string of the molecule is OC(c1cncc(F)c1)C(O)C1CC1. The van der Waals surface area contributed by atoms with Crippen molar-refractivity contribution in [1.29, 1.82) is 0 Å². The topological polar surface area (TPSA) is 53.4 Å². The first kappa shape index (κ1) is 9.55. The Balaban J connectivity index is 2.13. The van der Waals surface area contributed by atoms with Crippen LogP contribution in [0.2, 0.25) is 0 Å². The molecule has 0 radical (unpaired) electrons. The molecule has 1 fully saturated rings. The minimum Gasteiger partial charge on any atom is -0.390 e. The van der Waals surface area contributed by atoms with E-state index in [0.29, 0.717) is 5.56 Å². The Morgan fingerprint density at radius 2 is 2.07 bits per heavy atom. The molecule has 4 heteroatoms. The summed E-state index contributed by atoms with van der Waals surface area (Å²) in [6.07, 6.45) is 2.49. The molecule has 1 aliphatic rings. The molecule has 2 unspecified atom stereocenters. The predicted octanol–water partition coefficient (Wildman–Crippen LogP) is 1.02. The lowest BCUT2D eigenvalue weighted by Gasteiger charge is -2.16. The standard InChI is InChI=1S/C10H12FNO2/c11-8-3-7(4-12-5-8)10(14)9(13)6-1-2-6/h3-6,9-10,13-14H,1-2H2. The Bertz CT molecular complexity index is 328. The second-order valence-corrected chi connectivity index (χ2v) is 3.71. The molecule has 0 aliphatic heterocycles. The number of hydrogen-bond donors (Lipinski definition) is 2. The van der Waals surface area contributed by atoms with Gasteiger partial charge in [-0.1, -0.05) is 0 Å². The van der Waals surface area contributed by atoms with Crippen molar-refractivity contribution in [2.75, 3.05) is 0 Å². The summed E-state index contributed by atoms with van der Waals surface area (Å²) in [6, 6.07) is 1.20. The van der Waals surface area contributed by atoms with Crippen LogP contribution in [0.5, 0.6) is 0 Å². The van der Waals surface area contributed by atoms with Crippen LogP contribution in [-0.4, -0.2) is 21.3 Å². The summed E-state index contributed by atoms with van der Waals surface area (Å²) < 4.78 is 12.8. The van der Waals surface area contributed by atoms with Gasteiger partial charge in [0.2, 0.25) is 0 Å². The third kappa shape index (κ3) is 1.91. The molecule has 1 saturated carbocycles. The molecule has 0 saturated heterocycles. The van der Waals surface area contributed by atoms with Crippen molar-refractivity contribution in [2.45, 2.75) is 25.0 Å². The van der Waals surface area contributed by atoms with Crippen molar-refractivity contribution in [2.24, 2.45) is 5.92 Å². The van der Waals surface area contributed by atoms with Crippen molar-refractivity contribution in [1.82, 2.24) is 4.98 Å². The maximum absolute atomic E-state index is 12.8. The zero-order valence-electron chi connectivity index (χ0n) is 7.60. The largest absolute Gasteiger partial charge is 0.390 e. The van der Waals surface area contributed by atoms with Crippen LogP contribution in [0.15, 0.2) is 18.5 Å². The van der Waals surface area contributed by atoms with Gasteiger partial charge in [-0.2, -0.15) is 0 Å². The average molecular weight is 197 g/mol. The fourth-order valence-corrected chi connectivity index (χ4v) is 1.48. The summed E-state index contributed by atoms with van der Waals surface area (Å²) in [5, 5.41) is 19.3. The Labute approximate surface area is 81.2 Å². The summed E-state index contributed by atoms with van der Waals surface area (Å²) in [5.41, 5.74) is 0.337. The van der Waals surface area contributed by atoms with E-state index in [2.05, 4.69) is 4.98 Å². The second-order valence-electron chi connectivity index (χ2n) is 3.71. The minimum absolute atomic E-state index is 0.160. The van der Waals surface area contributed by atoms with Gasteiger partial charge in [0, 0.05) is 11.8 Å². The van der Waals surface area contributed by atoms with Crippen LogP contribution in [0.1, 0.15) is 24.5 Å². The lowest BCUT2D eigenvalue weighted by atomic mass is 10.0. The van der Waals surface area contributed by atoms with E-state index in [-0.39, 0.29) is 5.92 Å². The summed E-state index contributed by atoms with van der Waals surface area (Å²) in [5.74, 6) is -0.335. The number of rotatable bonds is 3. The van der Waals surface area contributed by atoms with Crippen LogP contribution < -0.4 is 0 Å². The molecule has 2 atom stereocenters. The van der Waals surface area contributed by atoms with Crippen molar-refractivity contribution in [3.8, 4) is 0 Å². The van der Waals surface area contributed by atoms with Crippen molar-refractivity contribution < 1.29 is 14.6 Å². The number of nitrogens with zero attached hydrogens (tertiary/aromatic N) is 1. The maximum atomic E-state index is 12.8. The van der Waals surface area contributed by atoms with Gasteiger partial charge in [0.15, 0.2) is 0 Å². The van der Waals surface area contributed by atoms with Crippen LogP contribution in [0.3, 0.4) is 0 Å². The smallest absolute Gasteiger partial charge is 0.141 e. The van der Waals surface area contributed by atoms with Crippen molar-refractivity contribution >= 4 is 0 Å². The van der Waals surface area contributed by atoms with Crippen molar-refractivity contribution in [3.63, 3.8) is 0 Å². The van der Waals surface area contributed by atoms with Gasteiger partial charge >= 0.3 is 0 Å². The first-order valence-corrected chi connectivity index (χ1v) is 4.65. The predicted molar refractivity (Wildman–Crippen MR) is 47.9 cm³/mol. The van der Waals surface area contributed by atoms with E-state index in [0.717, 1.165) is 19.0 Å². The molecule has 1 aliphatic carbocycles. The van der Waals surface area contributed by atoms with E-state index in [4.69, 9.17) is 0 Å². The highest BCUT2D eigenvalue weighted by Gasteiger charge is 2.35. The highest BCUT2D eigenvalue weighted by Crippen LogP contribution is 2.37. The lowest BCUT2D eigenvalue weighted by molar-refractivity contribution is 0.00450. The van der Waals surface area contributed by atoms with Gasteiger partial charge in [-0.05, 0) is 24.8 Å². The first-order chi connectivity index (χ1) is 6.68. The first-order valence-electron chi connectivity index (χ1n) is 4.65. The highest BCUT2D eigenvalue weighted by molar-refractivity contribution is 5.15. The van der Waals surface area contributed by atoms with Gasteiger partial charge in [0.1, 0.15) is 11.9 Å². The van der Waals surface area contributed by atoms with Gasteiger partial charge in [-0.25, -0.2) is 4.39 Å². The van der Waals surface area contributed by atoms with E-state index in [9.17, 15) is 14.6 Å². The highest BCUT2D eigenvalue weighted by atomic mass is 19.1. The molecule has 2 rings (SSSR count). The Morgan fingerprint density at radius 1 is 1.36 bits per heavy atom. The summed E-state index contributed by atoms with van der Waals surface area (Å²) in [7, 11) is 0. The normalized spacial score (nSPS) is 20.5. The van der Waals surface area contributed by atoms with Gasteiger partial charge in [-0.15, -0.1) is 0 Å². The molecule has 1 aromatic heterocycles. The van der Waals surface area contributed by atoms with Gasteiger partial charge in [0.25, 0.3) is 0 Å². The van der Waals surface area contributed by atoms with Crippen molar-refractivity contribution in [3.05, 3.63) is 29.8 Å². The van der Waals surface area contributed by atoms with E-state index >= 15 is 0 Å². The molecule has 1 aromatic rings. The Hall–Kier alpha value is -1.00. The second kappa shape index (κ2) is 3.63. The number of aromatic nitrogens is 1. The summed E-state index contributed by atoms with van der Waals surface area (Å²) >= 11 is 0. The quantitative estimate of drug-likeness (QED) is 0.760. The molecule has 0 spiro atoms. The molecule has 14 heavy (non-hydrogen) atoms. The van der Waals surface area contributed by atoms with Crippen LogP contribution in [-0.2, 0) is 0 Å². The molecule has 2 N–H and O–H groups in total. The van der Waals surface area contributed by atoms with Crippen LogP contribution in [0, 0.1) is 11.7 Å². The average Bonchev–Trinajstić information content (AvgIpc) is 2.99. The minimum atomic E-state index is -1.02. The number of aliphatic hydroxyl groups excluding tert-OH is 2. The zero-order valence-corrected chi connectivity index (χ0v) is 7.60. The maximum Gasteiger partial charge on any atom is 0.141 e. The summed E-state index contributed by atoms with van der Waals surface area (Å²) in [4.78, 5) is 3.62. The molecule has 0 aromatic carbocycles. The summed E-state index contributed by atoms with van der Waals surface area (Å²) in [6.45, 7) is 0. The van der Waals surface area contributed by atoms with Crippen LogP contribution in [0.4, 0.5) is 4.39 Å². The zero-order chi connectivity index (χ0) is 10.1. The molecular formula is C10H12FNO2. The number of pyridine rings is 1. The number of halogens is 1. The molecule has 1 heterocycles. The molecular weight excluding hydrogens is 185 g/mol. The molecule has 3 nitrogen and oxygen atoms in total. The Morgan fingerprint density at radius 3 is 2.64 bits per heavy atom.